The number of hydrogen-bond acceptors (Lipinski definition) is 7. The van der Waals surface area contributed by atoms with Crippen molar-refractivity contribution in [3.8, 4) is 11.1 Å². The van der Waals surface area contributed by atoms with Gasteiger partial charge in [-0.25, -0.2) is 0 Å². The molecule has 3 aromatic carbocycles. The molecular formula is C30H29Cl3N4O4S. The zero-order chi connectivity index (χ0) is 29.7. The molecule has 1 aliphatic heterocycles. The number of aliphatic hydroxyl groups is 1. The number of hydrogen-bond donors (Lipinski definition) is 2. The first-order valence-corrected chi connectivity index (χ1v) is 15.3. The average molecular weight is 648 g/mol. The third-order valence-electron chi connectivity index (χ3n) is 6.84. The molecule has 5 rings (SSSR count). The number of carbonyl (C=O) groups excluding carboxylic acids is 1. The number of aliphatic hydroxyl groups excluding tert-OH is 1. The number of aromatic nitrogens is 3. The maximum absolute atomic E-state index is 11.9. The third-order valence-corrected chi connectivity index (χ3v) is 8.52. The summed E-state index contributed by atoms with van der Waals surface area (Å²) in [4.78, 5) is 11.9. The van der Waals surface area contributed by atoms with Gasteiger partial charge in [-0.3, -0.25) is 4.79 Å². The molecule has 1 aliphatic rings. The minimum absolute atomic E-state index is 0.00659. The van der Waals surface area contributed by atoms with Crippen molar-refractivity contribution in [1.82, 2.24) is 20.1 Å². The SMILES string of the molecule is Cn1cnnc1SC[C@H]1C[C@@H](c2ccc(CO)cc2)O[C@@H](c2ccc(-c3cccc(CNC(=O)C(Cl)(Cl)Cl)c3)cc2)O1. The number of nitrogens with one attached hydrogen (secondary N) is 1. The summed E-state index contributed by atoms with van der Waals surface area (Å²) in [6.45, 7) is 0.226. The normalized spacial score (nSPS) is 19.0. The highest BCUT2D eigenvalue weighted by Gasteiger charge is 2.33. The van der Waals surface area contributed by atoms with Crippen LogP contribution in [0.4, 0.5) is 0 Å². The van der Waals surface area contributed by atoms with Crippen LogP contribution in [0, 0.1) is 0 Å². The number of halogens is 3. The zero-order valence-corrected chi connectivity index (χ0v) is 25.7. The van der Waals surface area contributed by atoms with E-state index < -0.39 is 16.0 Å². The molecule has 0 bridgehead atoms. The van der Waals surface area contributed by atoms with Crippen molar-refractivity contribution in [3.63, 3.8) is 0 Å². The molecule has 2 heterocycles. The van der Waals surface area contributed by atoms with Gasteiger partial charge in [0.05, 0.1) is 18.8 Å². The summed E-state index contributed by atoms with van der Waals surface area (Å²) in [7, 11) is 1.92. The topological polar surface area (TPSA) is 98.5 Å². The van der Waals surface area contributed by atoms with E-state index in [1.807, 2.05) is 84.4 Å². The molecule has 0 spiro atoms. The fourth-order valence-corrected chi connectivity index (χ4v) is 5.68. The van der Waals surface area contributed by atoms with Crippen molar-refractivity contribution < 1.29 is 19.4 Å². The first-order chi connectivity index (χ1) is 20.2. The molecule has 0 unspecified atom stereocenters. The van der Waals surface area contributed by atoms with Crippen LogP contribution in [0.25, 0.3) is 11.1 Å². The van der Waals surface area contributed by atoms with Gasteiger partial charge in [0.25, 0.3) is 9.70 Å². The molecule has 4 aromatic rings. The smallest absolute Gasteiger partial charge is 0.272 e. The Kier molecular flexibility index (Phi) is 10.1. The second-order valence-electron chi connectivity index (χ2n) is 9.89. The van der Waals surface area contributed by atoms with Gasteiger partial charge >= 0.3 is 0 Å². The lowest BCUT2D eigenvalue weighted by atomic mass is 9.99. The highest BCUT2D eigenvalue weighted by Crippen LogP contribution is 2.39. The standard InChI is InChI=1S/C30H29Cl3N4O4S/c1-37-18-35-36-29(37)42-17-25-14-26(22-7-5-19(16-38)6-8-22)41-27(40-25)23-11-9-21(10-12-23)24-4-2-3-20(13-24)15-34-28(39)30(31,32)33/h2-13,18,25-27,38H,14-17H2,1H3,(H,34,39)/t25-,26+,27+/m1/s1. The Labute approximate surface area is 263 Å². The van der Waals surface area contributed by atoms with Crippen molar-refractivity contribution >= 4 is 52.5 Å². The second kappa shape index (κ2) is 13.8. The van der Waals surface area contributed by atoms with Crippen LogP contribution >= 0.6 is 46.6 Å². The fraction of sp³-hybridized carbons (Fsp3) is 0.300. The Morgan fingerprint density at radius 2 is 1.76 bits per heavy atom. The number of benzene rings is 3. The Balaban J connectivity index is 1.31. The largest absolute Gasteiger partial charge is 0.392 e. The van der Waals surface area contributed by atoms with Crippen LogP contribution < -0.4 is 5.32 Å². The molecule has 2 N–H and O–H groups in total. The number of ether oxygens (including phenoxy) is 2. The molecule has 42 heavy (non-hydrogen) atoms. The summed E-state index contributed by atoms with van der Waals surface area (Å²) in [5, 5.41) is 21.0. The first-order valence-electron chi connectivity index (χ1n) is 13.2. The van der Waals surface area contributed by atoms with Crippen molar-refractivity contribution in [2.24, 2.45) is 7.05 Å². The van der Waals surface area contributed by atoms with Crippen molar-refractivity contribution in [3.05, 3.63) is 101 Å². The van der Waals surface area contributed by atoms with E-state index in [1.165, 1.54) is 0 Å². The van der Waals surface area contributed by atoms with Gasteiger partial charge in [0.1, 0.15) is 6.33 Å². The van der Waals surface area contributed by atoms with E-state index in [1.54, 1.807) is 18.1 Å². The molecule has 1 fully saturated rings. The number of thioether (sulfide) groups is 1. The molecule has 0 aliphatic carbocycles. The first kappa shape index (κ1) is 30.8. The number of carbonyl (C=O) groups is 1. The number of alkyl halides is 3. The van der Waals surface area contributed by atoms with Crippen LogP contribution in [0.3, 0.4) is 0 Å². The second-order valence-corrected chi connectivity index (χ2v) is 13.2. The summed E-state index contributed by atoms with van der Waals surface area (Å²) in [6.07, 6.45) is 1.52. The number of amides is 1. The molecular weight excluding hydrogens is 619 g/mol. The van der Waals surface area contributed by atoms with Crippen LogP contribution in [0.1, 0.15) is 41.1 Å². The van der Waals surface area contributed by atoms with E-state index >= 15 is 0 Å². The molecule has 1 aromatic heterocycles. The number of rotatable bonds is 9. The van der Waals surface area contributed by atoms with Crippen molar-refractivity contribution in [1.29, 1.82) is 0 Å². The van der Waals surface area contributed by atoms with Gasteiger partial charge in [0.15, 0.2) is 11.4 Å². The molecule has 220 valence electrons. The van der Waals surface area contributed by atoms with E-state index in [4.69, 9.17) is 44.3 Å². The summed E-state index contributed by atoms with van der Waals surface area (Å²) in [5.74, 6) is 0.0165. The van der Waals surface area contributed by atoms with Gasteiger partial charge < -0.3 is 24.5 Å². The Hall–Kier alpha value is -2.63. The van der Waals surface area contributed by atoms with Crippen molar-refractivity contribution in [2.45, 2.75) is 47.0 Å². The van der Waals surface area contributed by atoms with Gasteiger partial charge in [-0.05, 0) is 33.9 Å². The van der Waals surface area contributed by atoms with Gasteiger partial charge in [-0.2, -0.15) is 0 Å². The molecule has 3 atom stereocenters. The quantitative estimate of drug-likeness (QED) is 0.163. The maximum Gasteiger partial charge on any atom is 0.272 e. The van der Waals surface area contributed by atoms with Gasteiger partial charge in [0, 0.05) is 31.3 Å². The van der Waals surface area contributed by atoms with Gasteiger partial charge in [0.2, 0.25) is 0 Å². The minimum atomic E-state index is -2.01. The van der Waals surface area contributed by atoms with Crippen LogP contribution in [0.5, 0.6) is 0 Å². The summed E-state index contributed by atoms with van der Waals surface area (Å²) >= 11 is 18.5. The Morgan fingerprint density at radius 1 is 1.02 bits per heavy atom. The highest BCUT2D eigenvalue weighted by molar-refractivity contribution is 7.99. The lowest BCUT2D eigenvalue weighted by Gasteiger charge is -2.36. The summed E-state index contributed by atoms with van der Waals surface area (Å²) in [6, 6.07) is 23.6. The molecule has 0 saturated carbocycles. The maximum atomic E-state index is 11.9. The zero-order valence-electron chi connectivity index (χ0n) is 22.6. The Morgan fingerprint density at radius 3 is 2.43 bits per heavy atom. The van der Waals surface area contributed by atoms with Crippen LogP contribution in [-0.2, 0) is 34.5 Å². The molecule has 1 saturated heterocycles. The minimum Gasteiger partial charge on any atom is -0.392 e. The van der Waals surface area contributed by atoms with E-state index in [9.17, 15) is 9.90 Å². The van der Waals surface area contributed by atoms with Gasteiger partial charge in [-0.1, -0.05) is 113 Å². The van der Waals surface area contributed by atoms with Gasteiger partial charge in [-0.15, -0.1) is 10.2 Å². The van der Waals surface area contributed by atoms with Crippen LogP contribution in [-0.4, -0.2) is 41.4 Å². The molecule has 1 amide bonds. The average Bonchev–Trinajstić information content (AvgIpc) is 3.42. The number of aryl methyl sites for hydroxylation is 1. The van der Waals surface area contributed by atoms with E-state index in [0.717, 1.165) is 38.5 Å². The molecule has 0 radical (unpaired) electrons. The number of nitrogens with zero attached hydrogens (tertiary/aromatic N) is 3. The third kappa shape index (κ3) is 7.85. The summed E-state index contributed by atoms with van der Waals surface area (Å²) < 4.78 is 12.8. The lowest BCUT2D eigenvalue weighted by Crippen LogP contribution is -2.33. The van der Waals surface area contributed by atoms with Crippen LogP contribution in [0.15, 0.2) is 84.3 Å². The Bertz CT molecular complexity index is 1500. The lowest BCUT2D eigenvalue weighted by molar-refractivity contribution is -0.245. The predicted octanol–water partition coefficient (Wildman–Crippen LogP) is 6.30. The fourth-order valence-electron chi connectivity index (χ4n) is 4.57. The predicted molar refractivity (Wildman–Crippen MR) is 164 cm³/mol. The molecule has 12 heteroatoms. The highest BCUT2D eigenvalue weighted by atomic mass is 35.6. The van der Waals surface area contributed by atoms with E-state index in [2.05, 4.69) is 15.5 Å². The van der Waals surface area contributed by atoms with E-state index in [-0.39, 0.29) is 25.4 Å². The van der Waals surface area contributed by atoms with E-state index in [0.29, 0.717) is 12.2 Å². The van der Waals surface area contributed by atoms with Crippen molar-refractivity contribution in [2.75, 3.05) is 5.75 Å². The molecule has 8 nitrogen and oxygen atoms in total. The van der Waals surface area contributed by atoms with Crippen LogP contribution in [0.2, 0.25) is 0 Å². The summed E-state index contributed by atoms with van der Waals surface area (Å²) in [5.41, 5.74) is 5.63. The monoisotopic (exact) mass is 646 g/mol.